The Morgan fingerprint density at radius 2 is 1.83 bits per heavy atom. The van der Waals surface area contributed by atoms with Crippen molar-refractivity contribution in [3.05, 3.63) is 10.1 Å². The van der Waals surface area contributed by atoms with E-state index in [0.717, 1.165) is 26.2 Å². The Balaban J connectivity index is 2.00. The third kappa shape index (κ3) is 3.68. The van der Waals surface area contributed by atoms with Gasteiger partial charge in [-0.2, -0.15) is 9.97 Å². The van der Waals surface area contributed by atoms with Crippen molar-refractivity contribution in [1.29, 1.82) is 0 Å². The van der Waals surface area contributed by atoms with Crippen molar-refractivity contribution in [2.45, 2.75) is 5.03 Å². The van der Waals surface area contributed by atoms with Crippen LogP contribution in [0.1, 0.15) is 0 Å². The molecule has 2 saturated heterocycles. The highest BCUT2D eigenvalue weighted by Gasteiger charge is 2.32. The summed E-state index contributed by atoms with van der Waals surface area (Å²) in [7, 11) is 0. The van der Waals surface area contributed by atoms with Gasteiger partial charge in [0.2, 0.25) is 11.8 Å². The normalized spacial score (nSPS) is 19.6. The zero-order valence-electron chi connectivity index (χ0n) is 13.4. The van der Waals surface area contributed by atoms with Crippen LogP contribution < -0.4 is 15.1 Å². The second kappa shape index (κ2) is 7.72. The SMILES string of the molecule is CSc1nc(N2CCNCC2)nc(N2CC[S+]([O-])CC2)c1[N+](=O)[O-]. The van der Waals surface area contributed by atoms with E-state index in [9.17, 15) is 14.7 Å². The average molecular weight is 372 g/mol. The van der Waals surface area contributed by atoms with Crippen LogP contribution in [0.4, 0.5) is 17.5 Å². The first-order valence-electron chi connectivity index (χ1n) is 7.76. The number of nitro groups is 1. The lowest BCUT2D eigenvalue weighted by molar-refractivity contribution is -0.387. The van der Waals surface area contributed by atoms with Gasteiger partial charge in [0.1, 0.15) is 11.5 Å². The molecule has 2 aliphatic heterocycles. The van der Waals surface area contributed by atoms with Crippen LogP contribution >= 0.6 is 11.8 Å². The summed E-state index contributed by atoms with van der Waals surface area (Å²) in [4.78, 5) is 24.1. The first-order chi connectivity index (χ1) is 11.6. The van der Waals surface area contributed by atoms with E-state index in [1.54, 1.807) is 6.26 Å². The van der Waals surface area contributed by atoms with Gasteiger partial charge >= 0.3 is 5.69 Å². The van der Waals surface area contributed by atoms with Crippen LogP contribution in [-0.2, 0) is 11.2 Å². The van der Waals surface area contributed by atoms with Crippen molar-refractivity contribution < 1.29 is 9.48 Å². The van der Waals surface area contributed by atoms with E-state index < -0.39 is 16.1 Å². The zero-order valence-corrected chi connectivity index (χ0v) is 15.1. The van der Waals surface area contributed by atoms with Crippen molar-refractivity contribution >= 4 is 40.4 Å². The number of aromatic nitrogens is 2. The summed E-state index contributed by atoms with van der Waals surface area (Å²) in [5.74, 6) is 1.91. The van der Waals surface area contributed by atoms with Crippen LogP contribution in [0.25, 0.3) is 0 Å². The molecule has 11 heteroatoms. The summed E-state index contributed by atoms with van der Waals surface area (Å²) < 4.78 is 11.6. The van der Waals surface area contributed by atoms with Gasteiger partial charge in [0.25, 0.3) is 0 Å². The van der Waals surface area contributed by atoms with Gasteiger partial charge in [0.15, 0.2) is 5.03 Å². The van der Waals surface area contributed by atoms with Crippen LogP contribution in [0.5, 0.6) is 0 Å². The third-order valence-corrected chi connectivity index (χ3v) is 6.02. The summed E-state index contributed by atoms with van der Waals surface area (Å²) in [5.41, 5.74) is -0.0472. The molecule has 132 valence electrons. The molecule has 0 aromatic carbocycles. The molecule has 0 aliphatic carbocycles. The van der Waals surface area contributed by atoms with E-state index in [2.05, 4.69) is 15.3 Å². The van der Waals surface area contributed by atoms with Crippen molar-refractivity contribution in [1.82, 2.24) is 15.3 Å². The molecule has 0 amide bonds. The zero-order chi connectivity index (χ0) is 17.1. The first kappa shape index (κ1) is 17.5. The fraction of sp³-hybridized carbons (Fsp3) is 0.692. The van der Waals surface area contributed by atoms with E-state index in [1.165, 1.54) is 11.8 Å². The van der Waals surface area contributed by atoms with Gasteiger partial charge in [0, 0.05) is 26.2 Å². The predicted molar refractivity (Wildman–Crippen MR) is 95.6 cm³/mol. The molecular weight excluding hydrogens is 352 g/mol. The molecule has 2 aliphatic rings. The Morgan fingerprint density at radius 1 is 1.17 bits per heavy atom. The predicted octanol–water partition coefficient (Wildman–Crippen LogP) is 0.0850. The lowest BCUT2D eigenvalue weighted by atomic mass is 10.3. The van der Waals surface area contributed by atoms with Gasteiger partial charge in [-0.15, -0.1) is 11.8 Å². The standard InChI is InChI=1S/C13H20N6O3S2/c1-23-12-10(19(20)21)11(17-6-8-24(22)9-7-17)15-13(16-12)18-4-2-14-3-5-18/h14H,2-9H2,1H3. The maximum absolute atomic E-state index is 11.6. The first-order valence-corrected chi connectivity index (χ1v) is 10.5. The van der Waals surface area contributed by atoms with E-state index >= 15 is 0 Å². The van der Waals surface area contributed by atoms with Crippen LogP contribution in [-0.4, -0.2) is 76.5 Å². The van der Waals surface area contributed by atoms with E-state index in [0.29, 0.717) is 41.4 Å². The molecule has 0 radical (unpaired) electrons. The Kier molecular flexibility index (Phi) is 5.64. The summed E-state index contributed by atoms with van der Waals surface area (Å²) in [6.45, 7) is 4.25. The Morgan fingerprint density at radius 3 is 2.42 bits per heavy atom. The van der Waals surface area contributed by atoms with Gasteiger partial charge in [0.05, 0.1) is 18.0 Å². The van der Waals surface area contributed by atoms with Gasteiger partial charge in [-0.05, 0) is 6.26 Å². The Labute approximate surface area is 147 Å². The van der Waals surface area contributed by atoms with Gasteiger partial charge in [-0.3, -0.25) is 10.1 Å². The number of nitrogens with one attached hydrogen (secondary N) is 1. The minimum absolute atomic E-state index is 0.0472. The van der Waals surface area contributed by atoms with E-state index in [-0.39, 0.29) is 5.69 Å². The van der Waals surface area contributed by atoms with Crippen LogP contribution in [0, 0.1) is 10.1 Å². The van der Waals surface area contributed by atoms with Crippen molar-refractivity contribution in [2.24, 2.45) is 0 Å². The van der Waals surface area contributed by atoms with Gasteiger partial charge in [-0.1, -0.05) is 11.2 Å². The van der Waals surface area contributed by atoms with Crippen LogP contribution in [0.15, 0.2) is 5.03 Å². The highest BCUT2D eigenvalue weighted by Crippen LogP contribution is 2.36. The van der Waals surface area contributed by atoms with Crippen molar-refractivity contribution in [2.75, 3.05) is 66.8 Å². The molecule has 0 bridgehead atoms. The fourth-order valence-corrected chi connectivity index (χ4v) is 4.37. The molecule has 3 rings (SSSR count). The molecule has 1 aromatic heterocycles. The number of hydrogen-bond donors (Lipinski definition) is 1. The quantitative estimate of drug-likeness (QED) is 0.258. The smallest absolute Gasteiger partial charge is 0.343 e. The van der Waals surface area contributed by atoms with Gasteiger partial charge in [-0.25, -0.2) is 0 Å². The van der Waals surface area contributed by atoms with E-state index in [4.69, 9.17) is 0 Å². The molecular formula is C13H20N6O3S2. The molecule has 3 heterocycles. The Hall–Kier alpha value is -1.30. The minimum Gasteiger partial charge on any atom is -0.616 e. The summed E-state index contributed by atoms with van der Waals surface area (Å²) in [6.07, 6.45) is 1.78. The fourth-order valence-electron chi connectivity index (χ4n) is 2.79. The largest absolute Gasteiger partial charge is 0.616 e. The highest BCUT2D eigenvalue weighted by atomic mass is 32.2. The molecule has 24 heavy (non-hydrogen) atoms. The molecule has 2 fully saturated rings. The summed E-state index contributed by atoms with van der Waals surface area (Å²) >= 11 is 0.411. The number of rotatable bonds is 4. The minimum atomic E-state index is -0.848. The Bertz CT molecular complexity index is 606. The number of nitrogens with zero attached hydrogens (tertiary/aromatic N) is 5. The molecule has 0 saturated carbocycles. The lowest BCUT2D eigenvalue weighted by Gasteiger charge is -2.31. The molecule has 0 spiro atoms. The topological polar surface area (TPSA) is 110 Å². The number of anilines is 2. The highest BCUT2D eigenvalue weighted by molar-refractivity contribution is 7.98. The van der Waals surface area contributed by atoms with Crippen molar-refractivity contribution in [3.63, 3.8) is 0 Å². The molecule has 1 aromatic rings. The summed E-state index contributed by atoms with van der Waals surface area (Å²) in [5, 5.41) is 15.2. The molecule has 0 unspecified atom stereocenters. The molecule has 9 nitrogen and oxygen atoms in total. The van der Waals surface area contributed by atoms with Crippen molar-refractivity contribution in [3.8, 4) is 0 Å². The molecule has 0 atom stereocenters. The monoisotopic (exact) mass is 372 g/mol. The molecule has 1 N–H and O–H groups in total. The third-order valence-electron chi connectivity index (χ3n) is 4.07. The number of piperazine rings is 1. The summed E-state index contributed by atoms with van der Waals surface area (Å²) in [6, 6.07) is 0. The number of thioether (sulfide) groups is 1. The maximum Gasteiger partial charge on any atom is 0.343 e. The van der Waals surface area contributed by atoms with Crippen LogP contribution in [0.3, 0.4) is 0 Å². The second-order valence-electron chi connectivity index (χ2n) is 5.53. The van der Waals surface area contributed by atoms with Gasteiger partial charge < -0.3 is 19.7 Å². The second-order valence-corrected chi connectivity index (χ2v) is 8.03. The number of hydrogen-bond acceptors (Lipinski definition) is 9. The van der Waals surface area contributed by atoms with E-state index in [1.807, 2.05) is 9.80 Å². The maximum atomic E-state index is 11.6. The van der Waals surface area contributed by atoms with Crippen LogP contribution in [0.2, 0.25) is 0 Å². The lowest BCUT2D eigenvalue weighted by Crippen LogP contribution is -2.45. The average Bonchev–Trinajstić information content (AvgIpc) is 2.61.